The molecule has 3 N–H and O–H groups in total. The van der Waals surface area contributed by atoms with Crippen LogP contribution in [-0.4, -0.2) is 18.2 Å². The average molecular weight is 260 g/mol. The van der Waals surface area contributed by atoms with Crippen LogP contribution >= 0.6 is 0 Å². The maximum Gasteiger partial charge on any atom is 0.128 e. The zero-order valence-electron chi connectivity index (χ0n) is 10.8. The van der Waals surface area contributed by atoms with Crippen molar-refractivity contribution >= 4 is 0 Å². The highest BCUT2D eigenvalue weighted by molar-refractivity contribution is 5.17. The van der Waals surface area contributed by atoms with Gasteiger partial charge in [0.15, 0.2) is 0 Å². The van der Waals surface area contributed by atoms with Crippen molar-refractivity contribution in [1.29, 1.82) is 0 Å². The van der Waals surface area contributed by atoms with Gasteiger partial charge in [-0.3, -0.25) is 0 Å². The van der Waals surface area contributed by atoms with Gasteiger partial charge in [0.25, 0.3) is 0 Å². The third kappa shape index (κ3) is 4.47. The van der Waals surface area contributed by atoms with Crippen LogP contribution in [-0.2, 0) is 6.42 Å². The van der Waals surface area contributed by atoms with Crippen molar-refractivity contribution in [2.45, 2.75) is 12.5 Å². The molecule has 2 rings (SSSR count). The Bertz CT molecular complexity index is 484. The smallest absolute Gasteiger partial charge is 0.128 e. The number of rotatable bonds is 6. The molecule has 0 aromatic heterocycles. The highest BCUT2D eigenvalue weighted by Gasteiger charge is 2.08. The number of hydrogen-bond acceptors (Lipinski definition) is 1. The number of aliphatic hydroxyl groups excluding tert-OH is 1. The number of nitrogens with two attached hydrogens (primary N) is 1. The molecule has 0 amide bonds. The summed E-state index contributed by atoms with van der Waals surface area (Å²) in [4.78, 5) is 0. The van der Waals surface area contributed by atoms with Crippen molar-refractivity contribution in [3.63, 3.8) is 0 Å². The monoisotopic (exact) mass is 260 g/mol. The molecule has 0 unspecified atom stereocenters. The van der Waals surface area contributed by atoms with Crippen LogP contribution in [0.3, 0.4) is 0 Å². The number of benzene rings is 2. The third-order valence-electron chi connectivity index (χ3n) is 3.12. The molecule has 0 spiro atoms. The Labute approximate surface area is 112 Å². The van der Waals surface area contributed by atoms with Crippen molar-refractivity contribution in [3.05, 3.63) is 71.5 Å². The maximum atomic E-state index is 12.7. The van der Waals surface area contributed by atoms with E-state index in [1.54, 1.807) is 12.1 Å². The van der Waals surface area contributed by atoms with Crippen LogP contribution in [0.1, 0.15) is 17.2 Å². The highest BCUT2D eigenvalue weighted by atomic mass is 19.1. The van der Waals surface area contributed by atoms with Gasteiger partial charge < -0.3 is 10.4 Å². The topological polar surface area (TPSA) is 36.8 Å². The van der Waals surface area contributed by atoms with Gasteiger partial charge in [-0.1, -0.05) is 42.5 Å². The predicted octanol–water partition coefficient (Wildman–Crippen LogP) is 1.67. The van der Waals surface area contributed by atoms with Crippen molar-refractivity contribution in [1.82, 2.24) is 0 Å². The fourth-order valence-corrected chi connectivity index (χ4v) is 2.01. The molecule has 0 heterocycles. The molecule has 0 bridgehead atoms. The lowest BCUT2D eigenvalue weighted by Crippen LogP contribution is -2.85. The molecule has 2 aromatic rings. The number of aliphatic hydroxyl groups is 1. The van der Waals surface area contributed by atoms with E-state index >= 15 is 0 Å². The fraction of sp³-hybridized carbons (Fsp3) is 0.250. The lowest BCUT2D eigenvalue weighted by molar-refractivity contribution is -0.661. The van der Waals surface area contributed by atoms with Crippen molar-refractivity contribution < 1.29 is 14.8 Å². The van der Waals surface area contributed by atoms with Crippen LogP contribution in [0.25, 0.3) is 0 Å². The molecule has 0 fully saturated rings. The summed E-state index contributed by atoms with van der Waals surface area (Å²) in [5, 5.41) is 12.1. The van der Waals surface area contributed by atoms with E-state index in [1.165, 1.54) is 12.1 Å². The Morgan fingerprint density at radius 3 is 2.37 bits per heavy atom. The summed E-state index contributed by atoms with van der Waals surface area (Å²) in [6.45, 7) is 1.53. The van der Waals surface area contributed by atoms with Gasteiger partial charge in [0.1, 0.15) is 18.5 Å². The van der Waals surface area contributed by atoms with Crippen LogP contribution in [0.15, 0.2) is 54.6 Å². The Morgan fingerprint density at radius 1 is 1.00 bits per heavy atom. The van der Waals surface area contributed by atoms with Gasteiger partial charge >= 0.3 is 0 Å². The van der Waals surface area contributed by atoms with E-state index in [2.05, 4.69) is 5.32 Å². The predicted molar refractivity (Wildman–Crippen MR) is 73.2 cm³/mol. The minimum absolute atomic E-state index is 0.202. The molecular weight excluding hydrogens is 241 g/mol. The average Bonchev–Trinajstić information content (AvgIpc) is 2.46. The molecule has 0 saturated heterocycles. The van der Waals surface area contributed by atoms with Gasteiger partial charge in [-0.2, -0.15) is 0 Å². The van der Waals surface area contributed by atoms with Crippen LogP contribution < -0.4 is 5.32 Å². The standard InChI is InChI=1S/C16H18FNO/c17-15-8-6-13(7-9-15)10-11-18-12-16(19)14-4-2-1-3-5-14/h1-9,16,18-19H,10-12H2/p+1/t16-/m1/s1. The van der Waals surface area contributed by atoms with Gasteiger partial charge in [-0.05, 0) is 23.3 Å². The van der Waals surface area contributed by atoms with Crippen molar-refractivity contribution in [2.75, 3.05) is 13.1 Å². The zero-order chi connectivity index (χ0) is 13.5. The molecule has 2 nitrogen and oxygen atoms in total. The van der Waals surface area contributed by atoms with Crippen LogP contribution in [0.2, 0.25) is 0 Å². The van der Waals surface area contributed by atoms with Crippen LogP contribution in [0, 0.1) is 5.82 Å². The molecule has 0 aliphatic carbocycles. The van der Waals surface area contributed by atoms with E-state index in [9.17, 15) is 9.50 Å². The molecule has 0 saturated carbocycles. The molecule has 3 heteroatoms. The summed E-state index contributed by atoms with van der Waals surface area (Å²) in [7, 11) is 0. The first-order valence-corrected chi connectivity index (χ1v) is 6.55. The second-order valence-corrected chi connectivity index (χ2v) is 4.62. The zero-order valence-corrected chi connectivity index (χ0v) is 10.8. The first-order valence-electron chi connectivity index (χ1n) is 6.55. The lowest BCUT2D eigenvalue weighted by Gasteiger charge is -2.09. The van der Waals surface area contributed by atoms with E-state index in [1.807, 2.05) is 30.3 Å². The molecule has 19 heavy (non-hydrogen) atoms. The fourth-order valence-electron chi connectivity index (χ4n) is 2.01. The summed E-state index contributed by atoms with van der Waals surface area (Å²) in [6, 6.07) is 16.2. The molecule has 0 aliphatic rings. The third-order valence-corrected chi connectivity index (χ3v) is 3.12. The van der Waals surface area contributed by atoms with E-state index in [0.29, 0.717) is 6.54 Å². The Morgan fingerprint density at radius 2 is 1.68 bits per heavy atom. The number of quaternary nitrogens is 1. The summed E-state index contributed by atoms with van der Waals surface area (Å²) in [5.74, 6) is -0.202. The molecular formula is C16H19FNO+. The first kappa shape index (κ1) is 13.7. The molecule has 100 valence electrons. The molecule has 1 atom stereocenters. The van der Waals surface area contributed by atoms with E-state index < -0.39 is 6.10 Å². The summed E-state index contributed by atoms with van der Waals surface area (Å²) in [5.41, 5.74) is 2.06. The summed E-state index contributed by atoms with van der Waals surface area (Å²) in [6.07, 6.45) is 0.441. The second kappa shape index (κ2) is 7.02. The Hall–Kier alpha value is -1.71. The van der Waals surface area contributed by atoms with Crippen LogP contribution in [0.5, 0.6) is 0 Å². The normalized spacial score (nSPS) is 12.3. The highest BCUT2D eigenvalue weighted by Crippen LogP contribution is 2.09. The molecule has 0 aliphatic heterocycles. The van der Waals surface area contributed by atoms with Crippen LogP contribution in [0.4, 0.5) is 4.39 Å². The minimum Gasteiger partial charge on any atom is -0.382 e. The number of halogens is 1. The van der Waals surface area contributed by atoms with Gasteiger partial charge in [0.2, 0.25) is 0 Å². The number of hydrogen-bond donors (Lipinski definition) is 2. The van der Waals surface area contributed by atoms with E-state index in [-0.39, 0.29) is 5.82 Å². The Balaban J connectivity index is 1.71. The Kier molecular flexibility index (Phi) is 5.07. The lowest BCUT2D eigenvalue weighted by atomic mass is 10.1. The summed E-state index contributed by atoms with van der Waals surface area (Å²) < 4.78 is 12.7. The van der Waals surface area contributed by atoms with Crippen molar-refractivity contribution in [2.24, 2.45) is 0 Å². The van der Waals surface area contributed by atoms with E-state index in [0.717, 1.165) is 24.1 Å². The minimum atomic E-state index is -0.436. The SMILES string of the molecule is O[C@H](C[NH2+]CCc1ccc(F)cc1)c1ccccc1. The van der Waals surface area contributed by atoms with Gasteiger partial charge in [0.05, 0.1) is 6.54 Å². The van der Waals surface area contributed by atoms with Gasteiger partial charge in [0, 0.05) is 6.42 Å². The molecule has 2 aromatic carbocycles. The quantitative estimate of drug-likeness (QED) is 0.762. The second-order valence-electron chi connectivity index (χ2n) is 4.62. The van der Waals surface area contributed by atoms with Crippen molar-refractivity contribution in [3.8, 4) is 0 Å². The van der Waals surface area contributed by atoms with Gasteiger partial charge in [-0.25, -0.2) is 4.39 Å². The van der Waals surface area contributed by atoms with E-state index in [4.69, 9.17) is 0 Å². The first-order chi connectivity index (χ1) is 9.25. The maximum absolute atomic E-state index is 12.7. The summed E-state index contributed by atoms with van der Waals surface area (Å²) >= 11 is 0. The largest absolute Gasteiger partial charge is 0.382 e. The molecule has 0 radical (unpaired) electrons. The van der Waals surface area contributed by atoms with Gasteiger partial charge in [-0.15, -0.1) is 0 Å².